The Balaban J connectivity index is 2.19. The van der Waals surface area contributed by atoms with E-state index >= 15 is 0 Å². The van der Waals surface area contributed by atoms with Crippen molar-refractivity contribution < 1.29 is 4.79 Å². The van der Waals surface area contributed by atoms with E-state index in [1.807, 2.05) is 43.9 Å². The lowest BCUT2D eigenvalue weighted by Crippen LogP contribution is -2.48. The zero-order valence-corrected chi connectivity index (χ0v) is 11.9. The zero-order valence-electron chi connectivity index (χ0n) is 11.9. The van der Waals surface area contributed by atoms with Gasteiger partial charge in [0.25, 0.3) is 0 Å². The predicted octanol–water partition coefficient (Wildman–Crippen LogP) is 2.12. The highest BCUT2D eigenvalue weighted by molar-refractivity contribution is 5.83. The number of pyridine rings is 1. The highest BCUT2D eigenvalue weighted by atomic mass is 16.2. The molecule has 4 nitrogen and oxygen atoms in total. The van der Waals surface area contributed by atoms with Crippen molar-refractivity contribution >= 4 is 5.91 Å². The minimum Gasteiger partial charge on any atom is -0.330 e. The summed E-state index contributed by atoms with van der Waals surface area (Å²) in [6, 6.07) is 5.72. The van der Waals surface area contributed by atoms with Crippen LogP contribution in [0.1, 0.15) is 45.3 Å². The molecule has 104 valence electrons. The quantitative estimate of drug-likeness (QED) is 0.883. The van der Waals surface area contributed by atoms with Gasteiger partial charge in [-0.2, -0.15) is 0 Å². The largest absolute Gasteiger partial charge is 0.330 e. The van der Waals surface area contributed by atoms with E-state index in [-0.39, 0.29) is 17.9 Å². The highest BCUT2D eigenvalue weighted by Crippen LogP contribution is 2.34. The van der Waals surface area contributed by atoms with E-state index in [0.29, 0.717) is 6.04 Å². The van der Waals surface area contributed by atoms with Gasteiger partial charge in [0.15, 0.2) is 0 Å². The molecule has 2 N–H and O–H groups in total. The first-order valence-corrected chi connectivity index (χ1v) is 7.01. The Morgan fingerprint density at radius 2 is 2.05 bits per heavy atom. The molecular formula is C15H23N3O. The normalized spacial score (nSPS) is 18.2. The second-order valence-corrected chi connectivity index (χ2v) is 5.68. The van der Waals surface area contributed by atoms with Gasteiger partial charge in [0.05, 0.1) is 17.8 Å². The van der Waals surface area contributed by atoms with Crippen LogP contribution in [0.4, 0.5) is 0 Å². The zero-order chi connectivity index (χ0) is 14.0. The minimum atomic E-state index is -0.424. The lowest BCUT2D eigenvalue weighted by Gasteiger charge is -2.32. The molecule has 1 aliphatic carbocycles. The number of hydrogen-bond donors (Lipinski definition) is 1. The minimum absolute atomic E-state index is 0.00833. The van der Waals surface area contributed by atoms with Gasteiger partial charge in [-0.3, -0.25) is 9.78 Å². The lowest BCUT2D eigenvalue weighted by atomic mass is 10.0. The average molecular weight is 261 g/mol. The number of nitrogens with two attached hydrogens (primary N) is 1. The Kier molecular flexibility index (Phi) is 4.20. The summed E-state index contributed by atoms with van der Waals surface area (Å²) < 4.78 is 0. The number of rotatable bonds is 5. The van der Waals surface area contributed by atoms with Crippen molar-refractivity contribution in [1.82, 2.24) is 9.88 Å². The maximum atomic E-state index is 12.6. The molecule has 1 fully saturated rings. The van der Waals surface area contributed by atoms with E-state index in [4.69, 9.17) is 5.73 Å². The van der Waals surface area contributed by atoms with Gasteiger partial charge in [0.2, 0.25) is 5.91 Å². The number of hydrogen-bond acceptors (Lipinski definition) is 3. The molecule has 2 rings (SSSR count). The molecule has 0 saturated heterocycles. The fraction of sp³-hybridized carbons (Fsp3) is 0.600. The van der Waals surface area contributed by atoms with Gasteiger partial charge in [0.1, 0.15) is 0 Å². The van der Waals surface area contributed by atoms with Crippen LogP contribution in [-0.4, -0.2) is 27.9 Å². The number of amides is 1. The van der Waals surface area contributed by atoms with Crippen LogP contribution in [0.25, 0.3) is 0 Å². The fourth-order valence-electron chi connectivity index (χ4n) is 2.26. The highest BCUT2D eigenvalue weighted by Gasteiger charge is 2.39. The van der Waals surface area contributed by atoms with Crippen molar-refractivity contribution in [2.45, 2.75) is 51.7 Å². The fourth-order valence-corrected chi connectivity index (χ4v) is 2.26. The molecule has 0 aromatic carbocycles. The molecule has 1 aromatic heterocycles. The van der Waals surface area contributed by atoms with Crippen molar-refractivity contribution in [3.05, 3.63) is 30.1 Å². The number of nitrogens with zero attached hydrogens (tertiary/aromatic N) is 2. The Hall–Kier alpha value is -1.42. The smallest absolute Gasteiger partial charge is 0.240 e. The molecule has 1 saturated carbocycles. The summed E-state index contributed by atoms with van der Waals surface area (Å²) in [6.45, 7) is 6.00. The Morgan fingerprint density at radius 1 is 1.37 bits per heavy atom. The lowest BCUT2D eigenvalue weighted by molar-refractivity contribution is -0.136. The second-order valence-electron chi connectivity index (χ2n) is 5.68. The maximum Gasteiger partial charge on any atom is 0.240 e. The van der Waals surface area contributed by atoms with E-state index in [1.165, 1.54) is 0 Å². The van der Waals surface area contributed by atoms with Crippen molar-refractivity contribution in [2.75, 3.05) is 0 Å². The molecule has 0 spiro atoms. The molecular weight excluding hydrogens is 238 g/mol. The Bertz CT molecular complexity index is 428. The van der Waals surface area contributed by atoms with Crippen LogP contribution in [0.2, 0.25) is 0 Å². The molecule has 1 aromatic rings. The first kappa shape index (κ1) is 14.0. The summed E-state index contributed by atoms with van der Waals surface area (Å²) in [6.07, 6.45) is 3.92. The van der Waals surface area contributed by atoms with E-state index in [2.05, 4.69) is 4.98 Å². The summed E-state index contributed by atoms with van der Waals surface area (Å²) in [5.74, 6) is 0.209. The molecule has 19 heavy (non-hydrogen) atoms. The van der Waals surface area contributed by atoms with Gasteiger partial charge in [-0.05, 0) is 37.8 Å². The molecule has 0 unspecified atom stereocenters. The van der Waals surface area contributed by atoms with E-state index in [0.717, 1.165) is 18.5 Å². The van der Waals surface area contributed by atoms with Crippen LogP contribution in [0.5, 0.6) is 0 Å². The molecule has 1 heterocycles. The molecule has 1 amide bonds. The number of carbonyl (C=O) groups is 1. The van der Waals surface area contributed by atoms with Gasteiger partial charge >= 0.3 is 0 Å². The summed E-state index contributed by atoms with van der Waals surface area (Å²) >= 11 is 0. The van der Waals surface area contributed by atoms with Gasteiger partial charge in [-0.15, -0.1) is 0 Å². The third-order valence-electron chi connectivity index (χ3n) is 3.73. The summed E-state index contributed by atoms with van der Waals surface area (Å²) in [5.41, 5.74) is 6.96. The first-order chi connectivity index (χ1) is 9.02. The van der Waals surface area contributed by atoms with Crippen molar-refractivity contribution in [2.24, 2.45) is 11.7 Å². The van der Waals surface area contributed by atoms with Crippen molar-refractivity contribution in [1.29, 1.82) is 0 Å². The van der Waals surface area contributed by atoms with Crippen LogP contribution in [0.15, 0.2) is 24.4 Å². The number of aromatic nitrogens is 1. The second kappa shape index (κ2) is 5.70. The molecule has 0 radical (unpaired) electrons. The van der Waals surface area contributed by atoms with Crippen LogP contribution in [0, 0.1) is 5.92 Å². The summed E-state index contributed by atoms with van der Waals surface area (Å²) in [4.78, 5) is 18.9. The summed E-state index contributed by atoms with van der Waals surface area (Å²) in [7, 11) is 0. The molecule has 2 atom stereocenters. The van der Waals surface area contributed by atoms with Crippen LogP contribution in [-0.2, 0) is 4.79 Å². The predicted molar refractivity (Wildman–Crippen MR) is 75.3 cm³/mol. The Morgan fingerprint density at radius 3 is 2.53 bits per heavy atom. The van der Waals surface area contributed by atoms with Crippen molar-refractivity contribution in [3.8, 4) is 0 Å². The summed E-state index contributed by atoms with van der Waals surface area (Å²) in [5, 5.41) is 0. The van der Waals surface area contributed by atoms with E-state index in [1.54, 1.807) is 6.20 Å². The van der Waals surface area contributed by atoms with Gasteiger partial charge < -0.3 is 10.6 Å². The first-order valence-electron chi connectivity index (χ1n) is 7.01. The molecule has 4 heteroatoms. The number of carbonyl (C=O) groups excluding carboxylic acids is 1. The SMILES string of the molecule is CC(C)[C@H](N)C(=O)N(C1CC1)[C@@H](C)c1ccccn1. The van der Waals surface area contributed by atoms with Gasteiger partial charge in [-0.25, -0.2) is 0 Å². The Labute approximate surface area is 115 Å². The third kappa shape index (κ3) is 3.13. The maximum absolute atomic E-state index is 12.6. The average Bonchev–Trinajstić information content (AvgIpc) is 3.23. The van der Waals surface area contributed by atoms with Crippen LogP contribution >= 0.6 is 0 Å². The molecule has 1 aliphatic rings. The van der Waals surface area contributed by atoms with Gasteiger partial charge in [-0.1, -0.05) is 19.9 Å². The van der Waals surface area contributed by atoms with E-state index in [9.17, 15) is 4.79 Å². The van der Waals surface area contributed by atoms with Crippen LogP contribution in [0.3, 0.4) is 0 Å². The molecule has 0 aliphatic heterocycles. The topological polar surface area (TPSA) is 59.2 Å². The third-order valence-corrected chi connectivity index (χ3v) is 3.73. The molecule has 0 bridgehead atoms. The monoisotopic (exact) mass is 261 g/mol. The van der Waals surface area contributed by atoms with Crippen LogP contribution < -0.4 is 5.73 Å². The van der Waals surface area contributed by atoms with Gasteiger partial charge in [0, 0.05) is 12.2 Å². The standard InChI is InChI=1S/C15H23N3O/c1-10(2)14(16)15(19)18(12-7-8-12)11(3)13-6-4-5-9-17-13/h4-6,9-12,14H,7-8,16H2,1-3H3/t11-,14-/m0/s1. The van der Waals surface area contributed by atoms with Crippen molar-refractivity contribution in [3.63, 3.8) is 0 Å². The van der Waals surface area contributed by atoms with E-state index < -0.39 is 6.04 Å².